The quantitative estimate of drug-likeness (QED) is 0.888. The fourth-order valence-corrected chi connectivity index (χ4v) is 2.53. The van der Waals surface area contributed by atoms with E-state index in [4.69, 9.17) is 27.9 Å². The third kappa shape index (κ3) is 3.45. The van der Waals surface area contributed by atoms with Crippen molar-refractivity contribution in [3.8, 4) is 5.75 Å². The van der Waals surface area contributed by atoms with Gasteiger partial charge in [-0.1, -0.05) is 41.4 Å². The number of rotatable bonds is 4. The van der Waals surface area contributed by atoms with Crippen LogP contribution in [0.3, 0.4) is 0 Å². The summed E-state index contributed by atoms with van der Waals surface area (Å²) in [5, 5.41) is 10.2. The highest BCUT2D eigenvalue weighted by molar-refractivity contribution is 6.35. The summed E-state index contributed by atoms with van der Waals surface area (Å²) in [5.41, 5.74) is 4.11. The number of aliphatic hydroxyl groups excluding tert-OH is 1. The van der Waals surface area contributed by atoms with Crippen molar-refractivity contribution < 1.29 is 9.84 Å². The van der Waals surface area contributed by atoms with Crippen molar-refractivity contribution in [3.63, 3.8) is 0 Å². The maximum absolute atomic E-state index is 9.35. The highest BCUT2D eigenvalue weighted by Crippen LogP contribution is 2.33. The lowest BCUT2D eigenvalue weighted by Crippen LogP contribution is -2.00. The van der Waals surface area contributed by atoms with E-state index in [0.29, 0.717) is 28.0 Å². The van der Waals surface area contributed by atoms with Crippen molar-refractivity contribution in [1.82, 2.24) is 0 Å². The van der Waals surface area contributed by atoms with E-state index in [9.17, 15) is 5.11 Å². The molecule has 1 N–H and O–H groups in total. The molecule has 4 heteroatoms. The second-order valence-electron chi connectivity index (χ2n) is 4.74. The van der Waals surface area contributed by atoms with Crippen LogP contribution in [-0.4, -0.2) is 5.11 Å². The predicted molar refractivity (Wildman–Crippen MR) is 82.6 cm³/mol. The smallest absolute Gasteiger partial charge is 0.144 e. The zero-order valence-corrected chi connectivity index (χ0v) is 12.9. The molecular weight excluding hydrogens is 295 g/mol. The first-order valence-corrected chi connectivity index (χ1v) is 7.04. The van der Waals surface area contributed by atoms with Gasteiger partial charge in [0, 0.05) is 10.6 Å². The summed E-state index contributed by atoms with van der Waals surface area (Å²) in [6.45, 7) is 4.37. The van der Waals surface area contributed by atoms with Gasteiger partial charge in [-0.05, 0) is 42.7 Å². The third-order valence-corrected chi connectivity index (χ3v) is 3.71. The molecule has 0 saturated heterocycles. The Hall–Kier alpha value is -1.22. The summed E-state index contributed by atoms with van der Waals surface area (Å²) < 4.78 is 5.74. The van der Waals surface area contributed by atoms with Gasteiger partial charge < -0.3 is 9.84 Å². The lowest BCUT2D eigenvalue weighted by Gasteiger charge is -2.13. The van der Waals surface area contributed by atoms with Crippen LogP contribution in [0.4, 0.5) is 0 Å². The Morgan fingerprint density at radius 1 is 1.05 bits per heavy atom. The van der Waals surface area contributed by atoms with Crippen molar-refractivity contribution in [3.05, 3.63) is 62.6 Å². The highest BCUT2D eigenvalue weighted by Gasteiger charge is 2.10. The van der Waals surface area contributed by atoms with Crippen molar-refractivity contribution in [2.24, 2.45) is 0 Å². The van der Waals surface area contributed by atoms with Gasteiger partial charge in [0.2, 0.25) is 0 Å². The van der Waals surface area contributed by atoms with Gasteiger partial charge in [-0.15, -0.1) is 0 Å². The van der Waals surface area contributed by atoms with Crippen molar-refractivity contribution in [2.75, 3.05) is 0 Å². The summed E-state index contributed by atoms with van der Waals surface area (Å²) in [5.74, 6) is 0.483. The van der Waals surface area contributed by atoms with Crippen LogP contribution in [0.2, 0.25) is 10.0 Å². The Kier molecular flexibility index (Phi) is 4.92. The number of hydrogen-bond acceptors (Lipinski definition) is 2. The molecule has 0 spiro atoms. The van der Waals surface area contributed by atoms with E-state index in [1.54, 1.807) is 12.1 Å². The van der Waals surface area contributed by atoms with Gasteiger partial charge in [0.15, 0.2) is 0 Å². The lowest BCUT2D eigenvalue weighted by molar-refractivity contribution is 0.259. The van der Waals surface area contributed by atoms with Gasteiger partial charge in [-0.2, -0.15) is 0 Å². The summed E-state index contributed by atoms with van der Waals surface area (Å²) in [4.78, 5) is 0. The molecule has 0 aromatic heterocycles. The first-order valence-electron chi connectivity index (χ1n) is 6.29. The molecule has 0 fully saturated rings. The summed E-state index contributed by atoms with van der Waals surface area (Å²) >= 11 is 12.0. The zero-order chi connectivity index (χ0) is 14.7. The number of benzene rings is 2. The van der Waals surface area contributed by atoms with Crippen LogP contribution in [0.5, 0.6) is 5.75 Å². The van der Waals surface area contributed by atoms with E-state index >= 15 is 0 Å². The molecule has 0 aliphatic heterocycles. The minimum absolute atomic E-state index is 0.164. The molecule has 0 saturated carbocycles. The van der Waals surface area contributed by atoms with Crippen molar-refractivity contribution in [2.45, 2.75) is 27.1 Å². The van der Waals surface area contributed by atoms with Crippen LogP contribution in [0, 0.1) is 13.8 Å². The molecular formula is C16H16Cl2O2. The van der Waals surface area contributed by atoms with E-state index in [2.05, 4.69) is 26.0 Å². The Morgan fingerprint density at radius 3 is 2.45 bits per heavy atom. The first-order chi connectivity index (χ1) is 9.51. The fraction of sp³-hybridized carbons (Fsp3) is 0.250. The molecule has 0 amide bonds. The van der Waals surface area contributed by atoms with Crippen LogP contribution in [0.1, 0.15) is 22.3 Å². The van der Waals surface area contributed by atoms with Gasteiger partial charge in [-0.25, -0.2) is 0 Å². The minimum Gasteiger partial charge on any atom is -0.487 e. The molecule has 20 heavy (non-hydrogen) atoms. The van der Waals surface area contributed by atoms with Crippen molar-refractivity contribution >= 4 is 23.2 Å². The third-order valence-electron chi connectivity index (χ3n) is 3.21. The molecule has 0 heterocycles. The SMILES string of the molecule is Cc1ccc(COc2c(Cl)cc(Cl)cc2CO)cc1C. The van der Waals surface area contributed by atoms with Crippen molar-refractivity contribution in [1.29, 1.82) is 0 Å². The van der Waals surface area contributed by atoms with E-state index in [0.717, 1.165) is 5.56 Å². The number of aliphatic hydroxyl groups is 1. The second kappa shape index (κ2) is 6.49. The normalized spacial score (nSPS) is 10.7. The van der Waals surface area contributed by atoms with Crippen LogP contribution in [0.25, 0.3) is 0 Å². The molecule has 2 aromatic carbocycles. The van der Waals surface area contributed by atoms with Gasteiger partial charge in [-0.3, -0.25) is 0 Å². The number of ether oxygens (including phenoxy) is 1. The van der Waals surface area contributed by atoms with Gasteiger partial charge in [0.1, 0.15) is 12.4 Å². The summed E-state index contributed by atoms with van der Waals surface area (Å²) in [6, 6.07) is 9.42. The molecule has 2 rings (SSSR count). The molecule has 0 aliphatic carbocycles. The predicted octanol–water partition coefficient (Wildman–Crippen LogP) is 4.68. The first kappa shape index (κ1) is 15.2. The minimum atomic E-state index is -0.164. The van der Waals surface area contributed by atoms with Gasteiger partial charge in [0.25, 0.3) is 0 Å². The average molecular weight is 311 g/mol. The van der Waals surface area contributed by atoms with Crippen LogP contribution >= 0.6 is 23.2 Å². The van der Waals surface area contributed by atoms with E-state index in [1.807, 2.05) is 6.07 Å². The Balaban J connectivity index is 2.20. The van der Waals surface area contributed by atoms with Gasteiger partial charge in [0.05, 0.1) is 11.6 Å². The van der Waals surface area contributed by atoms with Crippen LogP contribution in [0.15, 0.2) is 30.3 Å². The zero-order valence-electron chi connectivity index (χ0n) is 11.4. The van der Waals surface area contributed by atoms with Crippen LogP contribution < -0.4 is 4.74 Å². The topological polar surface area (TPSA) is 29.5 Å². The van der Waals surface area contributed by atoms with Gasteiger partial charge >= 0.3 is 0 Å². The highest BCUT2D eigenvalue weighted by atomic mass is 35.5. The monoisotopic (exact) mass is 310 g/mol. The average Bonchev–Trinajstić information content (AvgIpc) is 2.40. The molecule has 2 aromatic rings. The van der Waals surface area contributed by atoms with Crippen LogP contribution in [-0.2, 0) is 13.2 Å². The molecule has 0 atom stereocenters. The molecule has 0 radical (unpaired) electrons. The number of aryl methyl sites for hydroxylation is 2. The Labute approximate surface area is 128 Å². The standard InChI is InChI=1S/C16H16Cl2O2/c1-10-3-4-12(5-11(10)2)9-20-16-13(8-19)6-14(17)7-15(16)18/h3-7,19H,8-9H2,1-2H3. The second-order valence-corrected chi connectivity index (χ2v) is 5.58. The van der Waals surface area contributed by atoms with E-state index in [-0.39, 0.29) is 6.61 Å². The number of hydrogen-bond donors (Lipinski definition) is 1. The lowest BCUT2D eigenvalue weighted by atomic mass is 10.1. The molecule has 0 aliphatic rings. The fourth-order valence-electron chi connectivity index (χ4n) is 1.94. The molecule has 0 bridgehead atoms. The molecule has 2 nitrogen and oxygen atoms in total. The number of halogens is 2. The Morgan fingerprint density at radius 2 is 1.80 bits per heavy atom. The van der Waals surface area contributed by atoms with E-state index in [1.165, 1.54) is 11.1 Å². The molecule has 0 unspecified atom stereocenters. The maximum Gasteiger partial charge on any atom is 0.144 e. The maximum atomic E-state index is 9.35. The Bertz CT molecular complexity index is 624. The molecule has 106 valence electrons. The summed E-state index contributed by atoms with van der Waals surface area (Å²) in [7, 11) is 0. The van der Waals surface area contributed by atoms with E-state index < -0.39 is 0 Å². The summed E-state index contributed by atoms with van der Waals surface area (Å²) in [6.07, 6.45) is 0. The largest absolute Gasteiger partial charge is 0.487 e.